The van der Waals surface area contributed by atoms with Gasteiger partial charge in [-0.1, -0.05) is 6.42 Å². The first kappa shape index (κ1) is 12.3. The third kappa shape index (κ3) is 2.29. The number of anilines is 1. The highest BCUT2D eigenvalue weighted by Crippen LogP contribution is 2.28. The Morgan fingerprint density at radius 3 is 2.29 bits per heavy atom. The molecule has 17 heavy (non-hydrogen) atoms. The van der Waals surface area contributed by atoms with Gasteiger partial charge in [0.1, 0.15) is 0 Å². The monoisotopic (exact) mass is 255 g/mol. The van der Waals surface area contributed by atoms with E-state index in [0.717, 1.165) is 19.3 Å². The lowest BCUT2D eigenvalue weighted by Gasteiger charge is -2.33. The number of nitrogens with two attached hydrogens (primary N) is 1. The zero-order valence-corrected chi connectivity index (χ0v) is 10.6. The minimum Gasteiger partial charge on any atom is -0.324 e. The molecule has 0 aromatic heterocycles. The Kier molecular flexibility index (Phi) is 3.37. The van der Waals surface area contributed by atoms with Gasteiger partial charge in [-0.05, 0) is 37.1 Å². The van der Waals surface area contributed by atoms with Crippen LogP contribution in [0.2, 0.25) is 0 Å². The first-order valence-electron chi connectivity index (χ1n) is 5.60. The van der Waals surface area contributed by atoms with Crippen LogP contribution in [-0.2, 0) is 10.0 Å². The van der Waals surface area contributed by atoms with E-state index in [2.05, 4.69) is 5.43 Å². The quantitative estimate of drug-likeness (QED) is 0.625. The number of hydrogen-bond acceptors (Lipinski definition) is 4. The van der Waals surface area contributed by atoms with Crippen molar-refractivity contribution in [3.05, 3.63) is 24.3 Å². The van der Waals surface area contributed by atoms with Crippen LogP contribution in [0.5, 0.6) is 0 Å². The van der Waals surface area contributed by atoms with Crippen LogP contribution in [0.3, 0.4) is 0 Å². The molecule has 6 heteroatoms. The fourth-order valence-electron chi connectivity index (χ4n) is 1.84. The van der Waals surface area contributed by atoms with Crippen LogP contribution in [-0.4, -0.2) is 25.8 Å². The van der Waals surface area contributed by atoms with E-state index in [1.54, 1.807) is 31.3 Å². The topological polar surface area (TPSA) is 75.4 Å². The summed E-state index contributed by atoms with van der Waals surface area (Å²) in [5, 5.41) is 0. The van der Waals surface area contributed by atoms with Crippen LogP contribution in [0.15, 0.2) is 29.2 Å². The van der Waals surface area contributed by atoms with Gasteiger partial charge in [0.2, 0.25) is 10.0 Å². The van der Waals surface area contributed by atoms with Crippen molar-refractivity contribution >= 4 is 15.7 Å². The molecule has 0 heterocycles. The lowest BCUT2D eigenvalue weighted by Crippen LogP contribution is -2.41. The molecule has 1 saturated carbocycles. The molecule has 1 fully saturated rings. The van der Waals surface area contributed by atoms with E-state index in [1.165, 1.54) is 4.31 Å². The maximum Gasteiger partial charge on any atom is 0.243 e. The molecule has 0 spiro atoms. The zero-order valence-electron chi connectivity index (χ0n) is 9.76. The van der Waals surface area contributed by atoms with Crippen LogP contribution in [0.4, 0.5) is 5.69 Å². The molecule has 0 radical (unpaired) electrons. The zero-order chi connectivity index (χ0) is 12.5. The van der Waals surface area contributed by atoms with E-state index < -0.39 is 10.0 Å². The van der Waals surface area contributed by atoms with E-state index in [0.29, 0.717) is 10.6 Å². The van der Waals surface area contributed by atoms with Gasteiger partial charge < -0.3 is 5.43 Å². The van der Waals surface area contributed by atoms with Gasteiger partial charge in [0.15, 0.2) is 0 Å². The minimum atomic E-state index is -3.36. The molecule has 5 nitrogen and oxygen atoms in total. The average molecular weight is 255 g/mol. The smallest absolute Gasteiger partial charge is 0.243 e. The molecule has 3 N–H and O–H groups in total. The van der Waals surface area contributed by atoms with Crippen molar-refractivity contribution in [3.63, 3.8) is 0 Å². The van der Waals surface area contributed by atoms with Crippen molar-refractivity contribution in [1.29, 1.82) is 0 Å². The van der Waals surface area contributed by atoms with E-state index in [9.17, 15) is 8.42 Å². The number of sulfonamides is 1. The van der Waals surface area contributed by atoms with Crippen molar-refractivity contribution in [2.24, 2.45) is 5.84 Å². The summed E-state index contributed by atoms with van der Waals surface area (Å²) in [4.78, 5) is 0.311. The summed E-state index contributed by atoms with van der Waals surface area (Å²) in [6, 6.07) is 6.61. The Labute approximate surface area is 102 Å². The third-order valence-electron chi connectivity index (χ3n) is 3.29. The van der Waals surface area contributed by atoms with E-state index >= 15 is 0 Å². The number of hydrazine groups is 1. The van der Waals surface area contributed by atoms with Crippen LogP contribution in [0.1, 0.15) is 19.3 Å². The predicted octanol–water partition coefficient (Wildman–Crippen LogP) is 1.15. The van der Waals surface area contributed by atoms with Crippen molar-refractivity contribution in [2.75, 3.05) is 12.5 Å². The largest absolute Gasteiger partial charge is 0.324 e. The summed E-state index contributed by atoms with van der Waals surface area (Å²) in [6.45, 7) is 0. The van der Waals surface area contributed by atoms with Crippen molar-refractivity contribution < 1.29 is 8.42 Å². The van der Waals surface area contributed by atoms with Gasteiger partial charge in [-0.25, -0.2) is 8.42 Å². The highest BCUT2D eigenvalue weighted by Gasteiger charge is 2.31. The van der Waals surface area contributed by atoms with Crippen LogP contribution in [0.25, 0.3) is 0 Å². The molecular formula is C11H17N3O2S. The molecule has 0 amide bonds. The molecule has 1 aromatic rings. The minimum absolute atomic E-state index is 0.160. The van der Waals surface area contributed by atoms with Crippen molar-refractivity contribution in [1.82, 2.24) is 4.31 Å². The maximum atomic E-state index is 12.2. The number of rotatable bonds is 4. The lowest BCUT2D eigenvalue weighted by molar-refractivity contribution is 0.249. The van der Waals surface area contributed by atoms with Crippen LogP contribution >= 0.6 is 0 Å². The van der Waals surface area contributed by atoms with Gasteiger partial charge in [-0.15, -0.1) is 0 Å². The molecular weight excluding hydrogens is 238 g/mol. The highest BCUT2D eigenvalue weighted by atomic mass is 32.2. The second-order valence-corrected chi connectivity index (χ2v) is 6.27. The molecule has 0 bridgehead atoms. The van der Waals surface area contributed by atoms with Gasteiger partial charge >= 0.3 is 0 Å². The second kappa shape index (κ2) is 4.64. The Hall–Kier alpha value is -1.11. The molecule has 2 rings (SSSR count). The van der Waals surface area contributed by atoms with Gasteiger partial charge in [-0.2, -0.15) is 4.31 Å². The summed E-state index contributed by atoms with van der Waals surface area (Å²) >= 11 is 0. The Bertz CT molecular complexity index is 480. The number of benzene rings is 1. The molecule has 0 saturated heterocycles. The maximum absolute atomic E-state index is 12.2. The van der Waals surface area contributed by atoms with Crippen LogP contribution < -0.4 is 11.3 Å². The normalized spacial score (nSPS) is 16.9. The number of nitrogens with zero attached hydrogens (tertiary/aromatic N) is 1. The third-order valence-corrected chi connectivity index (χ3v) is 5.21. The fourth-order valence-corrected chi connectivity index (χ4v) is 3.25. The summed E-state index contributed by atoms with van der Waals surface area (Å²) in [5.41, 5.74) is 3.16. The van der Waals surface area contributed by atoms with Crippen molar-refractivity contribution in [2.45, 2.75) is 30.2 Å². The highest BCUT2D eigenvalue weighted by molar-refractivity contribution is 7.89. The van der Waals surface area contributed by atoms with Gasteiger partial charge in [-0.3, -0.25) is 5.84 Å². The Morgan fingerprint density at radius 1 is 1.29 bits per heavy atom. The molecule has 0 aliphatic heterocycles. The van der Waals surface area contributed by atoms with E-state index in [-0.39, 0.29) is 6.04 Å². The first-order chi connectivity index (χ1) is 8.05. The first-order valence-corrected chi connectivity index (χ1v) is 7.04. The Morgan fingerprint density at radius 2 is 1.88 bits per heavy atom. The van der Waals surface area contributed by atoms with Crippen molar-refractivity contribution in [3.8, 4) is 0 Å². The summed E-state index contributed by atoms with van der Waals surface area (Å²) in [5.74, 6) is 5.24. The molecule has 0 unspecified atom stereocenters. The molecule has 0 atom stereocenters. The second-order valence-electron chi connectivity index (χ2n) is 4.27. The van der Waals surface area contributed by atoms with Crippen LogP contribution in [0, 0.1) is 0 Å². The molecule has 94 valence electrons. The number of nitrogens with one attached hydrogen (secondary N) is 1. The van der Waals surface area contributed by atoms with E-state index in [4.69, 9.17) is 5.84 Å². The number of nitrogen functional groups attached to an aromatic ring is 1. The summed E-state index contributed by atoms with van der Waals surface area (Å²) in [6.07, 6.45) is 3.02. The van der Waals surface area contributed by atoms with Gasteiger partial charge in [0, 0.05) is 18.8 Å². The average Bonchev–Trinajstić information content (AvgIpc) is 2.27. The number of hydrogen-bond donors (Lipinski definition) is 2. The Balaban J connectivity index is 2.23. The lowest BCUT2D eigenvalue weighted by atomic mass is 9.94. The van der Waals surface area contributed by atoms with E-state index in [1.807, 2.05) is 0 Å². The summed E-state index contributed by atoms with van der Waals surface area (Å²) in [7, 11) is -1.71. The molecule has 1 aliphatic rings. The van der Waals surface area contributed by atoms with Gasteiger partial charge in [0.05, 0.1) is 4.90 Å². The van der Waals surface area contributed by atoms with Gasteiger partial charge in [0.25, 0.3) is 0 Å². The SMILES string of the molecule is CN(C1CCC1)S(=O)(=O)c1ccc(NN)cc1. The predicted molar refractivity (Wildman–Crippen MR) is 66.8 cm³/mol. The summed E-state index contributed by atoms with van der Waals surface area (Å²) < 4.78 is 26.0. The molecule has 1 aromatic carbocycles. The molecule has 1 aliphatic carbocycles. The standard InChI is InChI=1S/C11H17N3O2S/c1-14(10-3-2-4-10)17(15,16)11-7-5-9(13-12)6-8-11/h5-8,10,13H,2-4,12H2,1H3. The fraction of sp³-hybridized carbons (Fsp3) is 0.455.